The van der Waals surface area contributed by atoms with Gasteiger partial charge in [-0.05, 0) is 0 Å². The number of hydrogen-bond donors (Lipinski definition) is 2. The average Bonchev–Trinajstić information content (AvgIpc) is 3.25. The number of hydrogen-bond acceptors (Lipinski definition) is 8. The Balaban J connectivity index is 1.77. The van der Waals surface area contributed by atoms with E-state index in [-0.39, 0.29) is 6.61 Å². The number of imidazole rings is 1. The molecule has 2 N–H and O–H groups in total. The summed E-state index contributed by atoms with van der Waals surface area (Å²) in [4.78, 5) is 12.8. The summed E-state index contributed by atoms with van der Waals surface area (Å²) >= 11 is 0. The van der Waals surface area contributed by atoms with Gasteiger partial charge in [-0.15, -0.1) is 10.2 Å². The van der Waals surface area contributed by atoms with E-state index in [1.54, 1.807) is 15.5 Å². The second kappa shape index (κ2) is 5.09. The molecule has 0 bridgehead atoms. The van der Waals surface area contributed by atoms with Crippen LogP contribution in [0.5, 0.6) is 0 Å². The number of ether oxygens (including phenoxy) is 1. The SMILES string of the molecule is OCC1OC(n2cnc3c(-n4cnnc4)ncnc32)CC1O. The fourth-order valence-corrected chi connectivity index (χ4v) is 2.60. The summed E-state index contributed by atoms with van der Waals surface area (Å²) in [6.45, 7) is -0.231. The lowest BCUT2D eigenvalue weighted by Crippen LogP contribution is -2.24. The van der Waals surface area contributed by atoms with Crippen molar-refractivity contribution in [1.29, 1.82) is 0 Å². The Labute approximate surface area is 124 Å². The zero-order valence-electron chi connectivity index (χ0n) is 11.4. The third kappa shape index (κ3) is 1.96. The van der Waals surface area contributed by atoms with Crippen molar-refractivity contribution in [3.63, 3.8) is 0 Å². The molecule has 22 heavy (non-hydrogen) atoms. The van der Waals surface area contributed by atoms with Gasteiger partial charge in [-0.25, -0.2) is 15.0 Å². The maximum absolute atomic E-state index is 9.86. The maximum Gasteiger partial charge on any atom is 0.170 e. The molecule has 0 amide bonds. The quantitative estimate of drug-likeness (QED) is 0.634. The van der Waals surface area contributed by atoms with E-state index < -0.39 is 18.4 Å². The highest BCUT2D eigenvalue weighted by Gasteiger charge is 2.35. The molecule has 3 aromatic rings. The van der Waals surface area contributed by atoms with Crippen molar-refractivity contribution in [1.82, 2.24) is 34.3 Å². The molecule has 0 saturated carbocycles. The Morgan fingerprint density at radius 2 is 2.00 bits per heavy atom. The van der Waals surface area contributed by atoms with E-state index in [9.17, 15) is 10.2 Å². The molecule has 1 aliphatic heterocycles. The molecule has 1 fully saturated rings. The normalized spacial score (nSPS) is 25.1. The monoisotopic (exact) mass is 303 g/mol. The van der Waals surface area contributed by atoms with Gasteiger partial charge < -0.3 is 14.9 Å². The highest BCUT2D eigenvalue weighted by Crippen LogP contribution is 2.31. The molecule has 3 unspecified atom stereocenters. The van der Waals surface area contributed by atoms with Gasteiger partial charge in [0.1, 0.15) is 31.3 Å². The summed E-state index contributed by atoms with van der Waals surface area (Å²) in [6, 6.07) is 0. The summed E-state index contributed by atoms with van der Waals surface area (Å²) in [5.74, 6) is 0.561. The lowest BCUT2D eigenvalue weighted by molar-refractivity contribution is -0.0432. The number of aliphatic hydroxyl groups is 2. The molecule has 3 atom stereocenters. The lowest BCUT2D eigenvalue weighted by Gasteiger charge is -2.13. The lowest BCUT2D eigenvalue weighted by atomic mass is 10.2. The van der Waals surface area contributed by atoms with E-state index in [4.69, 9.17) is 4.74 Å². The van der Waals surface area contributed by atoms with Crippen LogP contribution < -0.4 is 0 Å². The van der Waals surface area contributed by atoms with Crippen molar-refractivity contribution in [2.75, 3.05) is 6.61 Å². The van der Waals surface area contributed by atoms with Crippen LogP contribution in [-0.2, 0) is 4.74 Å². The Morgan fingerprint density at radius 3 is 2.73 bits per heavy atom. The van der Waals surface area contributed by atoms with E-state index in [1.807, 2.05) is 0 Å². The van der Waals surface area contributed by atoms with Gasteiger partial charge in [0.15, 0.2) is 17.0 Å². The molecule has 4 rings (SSSR count). The molecular formula is C12H13N7O3. The van der Waals surface area contributed by atoms with Crippen LogP contribution >= 0.6 is 0 Å². The van der Waals surface area contributed by atoms with Crippen molar-refractivity contribution in [2.45, 2.75) is 24.9 Å². The summed E-state index contributed by atoms with van der Waals surface area (Å²) < 4.78 is 9.00. The van der Waals surface area contributed by atoms with Crippen LogP contribution in [0.25, 0.3) is 17.0 Å². The number of aliphatic hydroxyl groups excluding tert-OH is 2. The van der Waals surface area contributed by atoms with E-state index in [2.05, 4.69) is 25.1 Å². The second-order valence-corrected chi connectivity index (χ2v) is 5.01. The number of rotatable bonds is 3. The third-order valence-corrected chi connectivity index (χ3v) is 3.70. The van der Waals surface area contributed by atoms with E-state index in [0.717, 1.165) is 0 Å². The van der Waals surface area contributed by atoms with Crippen LogP contribution in [0.2, 0.25) is 0 Å². The van der Waals surface area contributed by atoms with Crippen LogP contribution in [-0.4, -0.2) is 63.3 Å². The van der Waals surface area contributed by atoms with Crippen molar-refractivity contribution >= 4 is 11.2 Å². The molecule has 3 aromatic heterocycles. The van der Waals surface area contributed by atoms with Gasteiger partial charge in [0, 0.05) is 6.42 Å². The number of aromatic nitrogens is 7. The van der Waals surface area contributed by atoms with Crippen LogP contribution in [0, 0.1) is 0 Å². The largest absolute Gasteiger partial charge is 0.394 e. The number of nitrogens with zero attached hydrogens (tertiary/aromatic N) is 7. The molecule has 1 saturated heterocycles. The minimum Gasteiger partial charge on any atom is -0.394 e. The van der Waals surface area contributed by atoms with Crippen LogP contribution in [0.1, 0.15) is 12.6 Å². The zero-order chi connectivity index (χ0) is 15.1. The first-order chi connectivity index (χ1) is 10.8. The minimum absolute atomic E-state index is 0.231. The Kier molecular flexibility index (Phi) is 3.06. The molecule has 4 heterocycles. The molecule has 10 heteroatoms. The Bertz CT molecular complexity index is 787. The van der Waals surface area contributed by atoms with E-state index in [0.29, 0.717) is 23.4 Å². The molecule has 0 radical (unpaired) electrons. The van der Waals surface area contributed by atoms with Crippen molar-refractivity contribution < 1.29 is 14.9 Å². The minimum atomic E-state index is -0.716. The van der Waals surface area contributed by atoms with E-state index >= 15 is 0 Å². The Hall–Kier alpha value is -2.43. The maximum atomic E-state index is 9.86. The summed E-state index contributed by atoms with van der Waals surface area (Å²) in [5, 5.41) is 26.6. The molecule has 0 spiro atoms. The highest BCUT2D eigenvalue weighted by molar-refractivity contribution is 5.78. The topological polar surface area (TPSA) is 124 Å². The second-order valence-electron chi connectivity index (χ2n) is 5.01. The van der Waals surface area contributed by atoms with Gasteiger partial charge in [-0.3, -0.25) is 9.13 Å². The predicted molar refractivity (Wildman–Crippen MR) is 71.9 cm³/mol. The smallest absolute Gasteiger partial charge is 0.170 e. The third-order valence-electron chi connectivity index (χ3n) is 3.70. The van der Waals surface area contributed by atoms with Crippen LogP contribution in [0.15, 0.2) is 25.3 Å². The van der Waals surface area contributed by atoms with Crippen LogP contribution in [0.3, 0.4) is 0 Å². The van der Waals surface area contributed by atoms with Gasteiger partial charge in [-0.2, -0.15) is 0 Å². The van der Waals surface area contributed by atoms with Gasteiger partial charge in [0.05, 0.1) is 19.0 Å². The molecular weight excluding hydrogens is 290 g/mol. The molecule has 10 nitrogen and oxygen atoms in total. The summed E-state index contributed by atoms with van der Waals surface area (Å²) in [5.41, 5.74) is 1.15. The molecule has 0 aromatic carbocycles. The Morgan fingerprint density at radius 1 is 1.18 bits per heavy atom. The zero-order valence-corrected chi connectivity index (χ0v) is 11.4. The average molecular weight is 303 g/mol. The first-order valence-corrected chi connectivity index (χ1v) is 6.75. The van der Waals surface area contributed by atoms with Crippen molar-refractivity contribution in [3.8, 4) is 5.82 Å². The van der Waals surface area contributed by atoms with Crippen molar-refractivity contribution in [3.05, 3.63) is 25.3 Å². The predicted octanol–water partition coefficient (Wildman–Crippen LogP) is -0.952. The van der Waals surface area contributed by atoms with Gasteiger partial charge >= 0.3 is 0 Å². The first kappa shape index (κ1) is 13.2. The standard InChI is InChI=1S/C12H13N7O3/c20-2-8-7(21)1-9(22-8)19-4-15-10-11(13-3-14-12(10)19)18-5-16-17-6-18/h3-9,20-21H,1-2H2. The molecule has 1 aliphatic rings. The van der Waals surface area contributed by atoms with Gasteiger partial charge in [-0.1, -0.05) is 0 Å². The molecule has 114 valence electrons. The summed E-state index contributed by atoms with van der Waals surface area (Å²) in [6.07, 6.45) is 4.68. The van der Waals surface area contributed by atoms with Crippen molar-refractivity contribution in [2.24, 2.45) is 0 Å². The van der Waals surface area contributed by atoms with Gasteiger partial charge in [0.25, 0.3) is 0 Å². The highest BCUT2D eigenvalue weighted by atomic mass is 16.5. The molecule has 0 aliphatic carbocycles. The van der Waals surface area contributed by atoms with Gasteiger partial charge in [0.2, 0.25) is 0 Å². The first-order valence-electron chi connectivity index (χ1n) is 6.75. The van der Waals surface area contributed by atoms with E-state index in [1.165, 1.54) is 19.0 Å². The van der Waals surface area contributed by atoms with Crippen LogP contribution in [0.4, 0.5) is 0 Å². The number of fused-ring (bicyclic) bond motifs is 1. The fraction of sp³-hybridized carbons (Fsp3) is 0.417. The fourth-order valence-electron chi connectivity index (χ4n) is 2.60. The summed E-state index contributed by atoms with van der Waals surface area (Å²) in [7, 11) is 0.